The number of halogens is 5. The molecule has 5 nitrogen and oxygen atoms in total. The predicted octanol–water partition coefficient (Wildman–Crippen LogP) is 6.35. The zero-order valence-electron chi connectivity index (χ0n) is 18.7. The average Bonchev–Trinajstić information content (AvgIpc) is 3.48. The number of benzene rings is 3. The minimum atomic E-state index is -2.61. The van der Waals surface area contributed by atoms with Gasteiger partial charge in [0.25, 0.3) is 5.91 Å². The van der Waals surface area contributed by atoms with Gasteiger partial charge in [0.2, 0.25) is 6.43 Å². The van der Waals surface area contributed by atoms with Crippen molar-refractivity contribution < 1.29 is 22.4 Å². The number of aryl methyl sites for hydroxylation is 1. The highest BCUT2D eigenvalue weighted by molar-refractivity contribution is 7.99. The van der Waals surface area contributed by atoms with E-state index in [2.05, 4.69) is 10.4 Å². The number of nitrogens with one attached hydrogen (secondary N) is 1. The lowest BCUT2D eigenvalue weighted by atomic mass is 9.93. The van der Waals surface area contributed by atoms with Crippen LogP contribution in [0.1, 0.15) is 33.2 Å². The molecule has 1 atom stereocenters. The molecule has 3 heterocycles. The number of rotatable bonds is 4. The van der Waals surface area contributed by atoms with Crippen molar-refractivity contribution in [3.05, 3.63) is 81.5 Å². The Labute approximate surface area is 212 Å². The Morgan fingerprint density at radius 2 is 1.89 bits per heavy atom. The molecule has 6 rings (SSSR count). The Morgan fingerprint density at radius 3 is 2.67 bits per heavy atom. The fourth-order valence-electron chi connectivity index (χ4n) is 4.99. The number of aromatic nitrogens is 2. The van der Waals surface area contributed by atoms with E-state index in [0.717, 1.165) is 0 Å². The highest BCUT2D eigenvalue weighted by atomic mass is 35.5. The van der Waals surface area contributed by atoms with Crippen LogP contribution in [-0.4, -0.2) is 28.0 Å². The molecule has 1 amide bonds. The summed E-state index contributed by atoms with van der Waals surface area (Å²) in [6.07, 6.45) is -3.15. The fraction of sp³-hybridized carbons (Fsp3) is 0.200. The highest BCUT2D eigenvalue weighted by Crippen LogP contribution is 2.50. The van der Waals surface area contributed by atoms with Crippen molar-refractivity contribution in [2.75, 3.05) is 10.8 Å². The van der Waals surface area contributed by atoms with Crippen LogP contribution in [0.3, 0.4) is 0 Å². The molecule has 0 bridgehead atoms. The lowest BCUT2D eigenvalue weighted by Gasteiger charge is -2.25. The van der Waals surface area contributed by atoms with Crippen LogP contribution in [0.2, 0.25) is 5.02 Å². The summed E-state index contributed by atoms with van der Waals surface area (Å²) >= 11 is 7.84. The molecule has 1 aromatic heterocycles. The van der Waals surface area contributed by atoms with Crippen LogP contribution in [0.4, 0.5) is 28.9 Å². The molecule has 11 heteroatoms. The van der Waals surface area contributed by atoms with Gasteiger partial charge in [-0.2, -0.15) is 5.10 Å². The molecule has 0 saturated heterocycles. The largest absolute Gasteiger partial charge is 0.341 e. The lowest BCUT2D eigenvalue weighted by Crippen LogP contribution is -2.21. The zero-order chi connectivity index (χ0) is 25.3. The van der Waals surface area contributed by atoms with E-state index in [1.807, 2.05) is 4.90 Å². The summed E-state index contributed by atoms with van der Waals surface area (Å²) in [4.78, 5) is 15.9. The third-order valence-corrected chi connectivity index (χ3v) is 7.90. The first-order valence-corrected chi connectivity index (χ1v) is 12.4. The maximum Gasteiger partial charge on any atom is 0.254 e. The zero-order valence-corrected chi connectivity index (χ0v) is 20.2. The quantitative estimate of drug-likeness (QED) is 0.311. The van der Waals surface area contributed by atoms with Crippen molar-refractivity contribution in [3.8, 4) is 0 Å². The summed E-state index contributed by atoms with van der Waals surface area (Å²) in [5.74, 6) is -0.959. The number of anilines is 2. The van der Waals surface area contributed by atoms with E-state index < -0.39 is 30.6 Å². The molecule has 0 fully saturated rings. The Kier molecular flexibility index (Phi) is 5.42. The fourth-order valence-corrected chi connectivity index (χ4v) is 6.28. The molecule has 36 heavy (non-hydrogen) atoms. The molecule has 4 aromatic rings. The van der Waals surface area contributed by atoms with Crippen molar-refractivity contribution in [2.45, 2.75) is 23.8 Å². The van der Waals surface area contributed by atoms with Crippen molar-refractivity contribution in [1.29, 1.82) is 0 Å². The molecule has 2 aliphatic rings. The number of alkyl halides is 2. The van der Waals surface area contributed by atoms with Gasteiger partial charge in [-0.05, 0) is 42.5 Å². The standard InChI is InChI=1S/C25H17ClF4N4OS/c1-33-17(9-20(29)30)14-8-18(34-10-36-19-7-12(28)3-5-16(19)34)21-22(24(14)32-33)25(35)31-23(21)13-6-11(27)2-4-15(13)26/h2-8,20,23H,9-10H2,1H3,(H,31,35). The summed E-state index contributed by atoms with van der Waals surface area (Å²) in [7, 11) is 1.56. The van der Waals surface area contributed by atoms with Gasteiger partial charge in [-0.15, -0.1) is 11.8 Å². The smallest absolute Gasteiger partial charge is 0.254 e. The third-order valence-electron chi connectivity index (χ3n) is 6.53. The summed E-state index contributed by atoms with van der Waals surface area (Å²) < 4.78 is 56.4. The van der Waals surface area contributed by atoms with Gasteiger partial charge >= 0.3 is 0 Å². The molecular formula is C25H17ClF4N4OS. The summed E-state index contributed by atoms with van der Waals surface area (Å²) in [6, 6.07) is 9.24. The molecule has 3 aromatic carbocycles. The van der Waals surface area contributed by atoms with Crippen molar-refractivity contribution >= 4 is 51.5 Å². The van der Waals surface area contributed by atoms with Crippen LogP contribution < -0.4 is 10.2 Å². The molecule has 1 unspecified atom stereocenters. The van der Waals surface area contributed by atoms with Crippen LogP contribution in [0.25, 0.3) is 10.9 Å². The minimum absolute atomic E-state index is 0.226. The summed E-state index contributed by atoms with van der Waals surface area (Å²) in [5, 5.41) is 7.99. The van der Waals surface area contributed by atoms with Crippen LogP contribution in [-0.2, 0) is 13.5 Å². The first kappa shape index (κ1) is 23.2. The molecule has 0 saturated carbocycles. The number of carbonyl (C=O) groups is 1. The second kappa shape index (κ2) is 8.41. The normalized spacial score (nSPS) is 16.7. The van der Waals surface area contributed by atoms with Crippen molar-refractivity contribution in [1.82, 2.24) is 15.1 Å². The minimum Gasteiger partial charge on any atom is -0.341 e. The van der Waals surface area contributed by atoms with E-state index in [4.69, 9.17) is 11.6 Å². The Bertz CT molecular complexity index is 1570. The highest BCUT2D eigenvalue weighted by Gasteiger charge is 2.39. The predicted molar refractivity (Wildman–Crippen MR) is 130 cm³/mol. The summed E-state index contributed by atoms with van der Waals surface area (Å²) in [5.41, 5.74) is 2.94. The van der Waals surface area contributed by atoms with Gasteiger partial charge in [-0.25, -0.2) is 17.6 Å². The molecule has 0 radical (unpaired) electrons. The van der Waals surface area contributed by atoms with Gasteiger partial charge in [-0.3, -0.25) is 9.48 Å². The molecule has 1 N–H and O–H groups in total. The third kappa shape index (κ3) is 3.54. The van der Waals surface area contributed by atoms with Crippen molar-refractivity contribution in [3.63, 3.8) is 0 Å². The number of hydrogen-bond acceptors (Lipinski definition) is 4. The number of fused-ring (bicyclic) bond motifs is 4. The number of nitrogens with zero attached hydrogens (tertiary/aromatic N) is 3. The number of carbonyl (C=O) groups excluding carboxylic acids is 1. The van der Waals surface area contributed by atoms with Crippen molar-refractivity contribution in [2.24, 2.45) is 7.05 Å². The van der Waals surface area contributed by atoms with E-state index in [9.17, 15) is 22.4 Å². The molecule has 184 valence electrons. The Hall–Kier alpha value is -3.24. The van der Waals surface area contributed by atoms with Crippen LogP contribution >= 0.6 is 23.4 Å². The van der Waals surface area contributed by atoms with Crippen LogP contribution in [0.5, 0.6) is 0 Å². The van der Waals surface area contributed by atoms with Gasteiger partial charge in [0, 0.05) is 39.2 Å². The molecule has 2 aliphatic heterocycles. The van der Waals surface area contributed by atoms with Gasteiger partial charge in [0.05, 0.1) is 35.3 Å². The number of thioether (sulfide) groups is 1. The first-order chi connectivity index (χ1) is 17.2. The molecular weight excluding hydrogens is 516 g/mol. The van der Waals surface area contributed by atoms with Crippen LogP contribution in [0.15, 0.2) is 47.4 Å². The van der Waals surface area contributed by atoms with E-state index in [1.165, 1.54) is 46.8 Å². The lowest BCUT2D eigenvalue weighted by molar-refractivity contribution is 0.0961. The first-order valence-electron chi connectivity index (χ1n) is 11.0. The number of amides is 1. The summed E-state index contributed by atoms with van der Waals surface area (Å²) in [6.45, 7) is 0. The van der Waals surface area contributed by atoms with Gasteiger partial charge in [0.1, 0.15) is 17.2 Å². The monoisotopic (exact) mass is 532 g/mol. The Morgan fingerprint density at radius 1 is 1.14 bits per heavy atom. The molecule has 0 aliphatic carbocycles. The maximum atomic E-state index is 14.2. The van der Waals surface area contributed by atoms with E-state index in [1.54, 1.807) is 19.2 Å². The second-order valence-corrected chi connectivity index (χ2v) is 10.0. The van der Waals surface area contributed by atoms with E-state index in [-0.39, 0.29) is 27.6 Å². The SMILES string of the molecule is Cn1nc2c3c(c(N4CSc5cc(F)ccc54)cc2c1CC(F)F)C(c1cc(F)ccc1Cl)NC3=O. The van der Waals surface area contributed by atoms with Gasteiger partial charge in [0.15, 0.2) is 0 Å². The van der Waals surface area contributed by atoms with E-state index in [0.29, 0.717) is 38.7 Å². The second-order valence-electron chi connectivity index (χ2n) is 8.63. The number of hydrogen-bond donors (Lipinski definition) is 1. The van der Waals surface area contributed by atoms with E-state index >= 15 is 0 Å². The maximum absolute atomic E-state index is 14.2. The topological polar surface area (TPSA) is 50.2 Å². The molecule has 0 spiro atoms. The van der Waals surface area contributed by atoms with Crippen LogP contribution in [0, 0.1) is 11.6 Å². The van der Waals surface area contributed by atoms with Gasteiger partial charge in [-0.1, -0.05) is 11.6 Å². The van der Waals surface area contributed by atoms with Gasteiger partial charge < -0.3 is 10.2 Å². The average molecular weight is 533 g/mol. The Balaban J connectivity index is 1.66.